The minimum Gasteiger partial charge on any atom is -0.338 e. The molecule has 1 spiro atoms. The molecule has 0 N–H and O–H groups in total. The Kier molecular flexibility index (Phi) is 4.72. The van der Waals surface area contributed by atoms with E-state index < -0.39 is 0 Å². The number of nitrogens with zero attached hydrogens (tertiary/aromatic N) is 3. The molecule has 2 aliphatic rings. The monoisotopic (exact) mass is 359 g/mol. The zero-order valence-corrected chi connectivity index (χ0v) is 15.8. The first-order valence-electron chi connectivity index (χ1n) is 9.67. The molecule has 0 aromatic heterocycles. The van der Waals surface area contributed by atoms with Gasteiger partial charge in [0, 0.05) is 25.2 Å². The molecule has 1 amide bonds. The normalized spacial score (nSPS) is 21.9. The first-order chi connectivity index (χ1) is 13.1. The molecule has 2 fully saturated rings. The lowest BCUT2D eigenvalue weighted by molar-refractivity contribution is 0.0492. The van der Waals surface area contributed by atoms with Crippen LogP contribution in [0.5, 0.6) is 0 Å². The third-order valence-corrected chi connectivity index (χ3v) is 6.46. The van der Waals surface area contributed by atoms with E-state index in [1.807, 2.05) is 11.0 Å². The summed E-state index contributed by atoms with van der Waals surface area (Å²) in [5.41, 5.74) is 2.59. The Morgan fingerprint density at radius 2 is 1.74 bits per heavy atom. The summed E-state index contributed by atoms with van der Waals surface area (Å²) in [6, 6.07) is 20.0. The topological polar surface area (TPSA) is 47.3 Å². The van der Waals surface area contributed by atoms with Crippen molar-refractivity contribution in [2.45, 2.75) is 30.7 Å². The number of hydrogen-bond acceptors (Lipinski definition) is 3. The van der Waals surface area contributed by atoms with Gasteiger partial charge < -0.3 is 4.90 Å². The molecular weight excluding hydrogens is 334 g/mol. The second kappa shape index (κ2) is 7.17. The van der Waals surface area contributed by atoms with E-state index in [1.54, 1.807) is 18.2 Å². The first-order valence-corrected chi connectivity index (χ1v) is 9.67. The van der Waals surface area contributed by atoms with Crippen LogP contribution in [0.3, 0.4) is 0 Å². The van der Waals surface area contributed by atoms with Gasteiger partial charge in [0.25, 0.3) is 5.91 Å². The summed E-state index contributed by atoms with van der Waals surface area (Å²) >= 11 is 0. The summed E-state index contributed by atoms with van der Waals surface area (Å²) in [6.07, 6.45) is 3.14. The first kappa shape index (κ1) is 17.8. The molecule has 2 aromatic carbocycles. The van der Waals surface area contributed by atoms with Crippen LogP contribution in [0.15, 0.2) is 54.6 Å². The van der Waals surface area contributed by atoms with Crippen LogP contribution in [0.2, 0.25) is 0 Å². The number of carbonyl (C=O) groups is 1. The van der Waals surface area contributed by atoms with Gasteiger partial charge in [-0.3, -0.25) is 9.69 Å². The van der Waals surface area contributed by atoms with Gasteiger partial charge in [-0.2, -0.15) is 5.26 Å². The fourth-order valence-electron chi connectivity index (χ4n) is 4.80. The van der Waals surface area contributed by atoms with Gasteiger partial charge in [-0.25, -0.2) is 0 Å². The van der Waals surface area contributed by atoms with Crippen molar-refractivity contribution in [3.63, 3.8) is 0 Å². The average molecular weight is 359 g/mol. The van der Waals surface area contributed by atoms with Crippen molar-refractivity contribution in [1.82, 2.24) is 9.80 Å². The predicted octanol–water partition coefficient (Wildman–Crippen LogP) is 3.65. The van der Waals surface area contributed by atoms with Crippen molar-refractivity contribution in [2.75, 3.05) is 26.7 Å². The molecule has 2 aromatic rings. The summed E-state index contributed by atoms with van der Waals surface area (Å²) in [4.78, 5) is 17.3. The minimum absolute atomic E-state index is 0.0118. The Morgan fingerprint density at radius 3 is 2.44 bits per heavy atom. The summed E-state index contributed by atoms with van der Waals surface area (Å²) in [5.74, 6) is 0.556. The molecule has 27 heavy (non-hydrogen) atoms. The van der Waals surface area contributed by atoms with Gasteiger partial charge in [-0.1, -0.05) is 42.5 Å². The van der Waals surface area contributed by atoms with E-state index in [4.69, 9.17) is 0 Å². The highest BCUT2D eigenvalue weighted by Crippen LogP contribution is 2.44. The van der Waals surface area contributed by atoms with Gasteiger partial charge in [-0.05, 0) is 49.9 Å². The molecule has 1 atom stereocenters. The molecule has 0 saturated carbocycles. The van der Waals surface area contributed by atoms with E-state index >= 15 is 0 Å². The molecule has 0 unspecified atom stereocenters. The summed E-state index contributed by atoms with van der Waals surface area (Å²) in [6.45, 7) is 2.59. The van der Waals surface area contributed by atoms with Gasteiger partial charge in [-0.15, -0.1) is 0 Å². The molecule has 4 nitrogen and oxygen atoms in total. The van der Waals surface area contributed by atoms with Crippen LogP contribution in [0.1, 0.15) is 46.7 Å². The van der Waals surface area contributed by atoms with Crippen molar-refractivity contribution in [2.24, 2.45) is 0 Å². The largest absolute Gasteiger partial charge is 0.338 e. The zero-order valence-electron chi connectivity index (χ0n) is 15.8. The number of likely N-dealkylation sites (tertiary alicyclic amines) is 2. The maximum atomic E-state index is 12.9. The molecule has 0 bridgehead atoms. The van der Waals surface area contributed by atoms with Gasteiger partial charge >= 0.3 is 0 Å². The number of likely N-dealkylation sites (N-methyl/N-ethyl adjacent to an activating group) is 1. The lowest BCUT2D eigenvalue weighted by Crippen LogP contribution is -2.52. The number of nitriles is 1. The third-order valence-electron chi connectivity index (χ3n) is 6.46. The number of piperidine rings is 1. The van der Waals surface area contributed by atoms with Crippen LogP contribution in [-0.2, 0) is 0 Å². The molecule has 0 aliphatic carbocycles. The SMILES string of the molecule is CN1C[C@H](c2ccccc2)CC12CCN(C(=O)c1ccccc1C#N)CC2. The summed E-state index contributed by atoms with van der Waals surface area (Å²) in [7, 11) is 2.23. The third kappa shape index (κ3) is 3.24. The van der Waals surface area contributed by atoms with Crippen LogP contribution in [0.25, 0.3) is 0 Å². The van der Waals surface area contributed by atoms with Gasteiger partial charge in [0.1, 0.15) is 0 Å². The number of rotatable bonds is 2. The van der Waals surface area contributed by atoms with Crippen LogP contribution in [-0.4, -0.2) is 47.9 Å². The van der Waals surface area contributed by atoms with Crippen molar-refractivity contribution in [1.29, 1.82) is 5.26 Å². The molecule has 0 radical (unpaired) electrons. The van der Waals surface area contributed by atoms with E-state index in [2.05, 4.69) is 48.3 Å². The Balaban J connectivity index is 1.46. The molecule has 4 rings (SSSR count). The lowest BCUT2D eigenvalue weighted by Gasteiger charge is -2.43. The van der Waals surface area contributed by atoms with E-state index in [-0.39, 0.29) is 11.4 Å². The lowest BCUT2D eigenvalue weighted by atomic mass is 9.81. The quantitative estimate of drug-likeness (QED) is 0.822. The van der Waals surface area contributed by atoms with Crippen LogP contribution >= 0.6 is 0 Å². The Morgan fingerprint density at radius 1 is 1.07 bits per heavy atom. The standard InChI is InChI=1S/C23H25N3O/c1-25-17-20(18-7-3-2-4-8-18)15-23(25)11-13-26(14-12-23)22(27)21-10-6-5-9-19(21)16-24/h2-10,20H,11-15,17H2,1H3/t20-/m1/s1. The molecule has 2 heterocycles. The minimum atomic E-state index is -0.0118. The van der Waals surface area contributed by atoms with Crippen LogP contribution < -0.4 is 0 Å². The second-order valence-corrected chi connectivity index (χ2v) is 7.87. The Labute approximate surface area is 161 Å². The van der Waals surface area contributed by atoms with Crippen molar-refractivity contribution >= 4 is 5.91 Å². The molecule has 2 aliphatic heterocycles. The average Bonchev–Trinajstić information content (AvgIpc) is 3.04. The Bertz CT molecular complexity index is 863. The maximum absolute atomic E-state index is 12.9. The van der Waals surface area contributed by atoms with E-state index in [0.29, 0.717) is 17.0 Å². The van der Waals surface area contributed by atoms with Crippen LogP contribution in [0.4, 0.5) is 0 Å². The highest BCUT2D eigenvalue weighted by atomic mass is 16.2. The molecule has 138 valence electrons. The van der Waals surface area contributed by atoms with E-state index in [0.717, 1.165) is 38.9 Å². The fraction of sp³-hybridized carbons (Fsp3) is 0.391. The summed E-state index contributed by atoms with van der Waals surface area (Å²) in [5, 5.41) is 9.28. The zero-order chi connectivity index (χ0) is 18.9. The second-order valence-electron chi connectivity index (χ2n) is 7.87. The number of benzene rings is 2. The number of hydrogen-bond donors (Lipinski definition) is 0. The molecular formula is C23H25N3O. The van der Waals surface area contributed by atoms with Crippen molar-refractivity contribution < 1.29 is 4.79 Å². The highest BCUT2D eigenvalue weighted by Gasteiger charge is 2.46. The van der Waals surface area contributed by atoms with E-state index in [9.17, 15) is 10.1 Å². The summed E-state index contributed by atoms with van der Waals surface area (Å²) < 4.78 is 0. The number of amides is 1. The highest BCUT2D eigenvalue weighted by molar-refractivity contribution is 5.96. The fourth-order valence-corrected chi connectivity index (χ4v) is 4.80. The molecule has 2 saturated heterocycles. The smallest absolute Gasteiger partial charge is 0.255 e. The van der Waals surface area contributed by atoms with Gasteiger partial charge in [0.2, 0.25) is 0 Å². The van der Waals surface area contributed by atoms with E-state index in [1.165, 1.54) is 5.56 Å². The van der Waals surface area contributed by atoms with Gasteiger partial charge in [0.05, 0.1) is 17.2 Å². The van der Waals surface area contributed by atoms with Gasteiger partial charge in [0.15, 0.2) is 0 Å². The molecule has 4 heteroatoms. The van der Waals surface area contributed by atoms with Crippen LogP contribution in [0, 0.1) is 11.3 Å². The maximum Gasteiger partial charge on any atom is 0.255 e. The number of carbonyl (C=O) groups excluding carboxylic acids is 1. The van der Waals surface area contributed by atoms with Crippen molar-refractivity contribution in [3.05, 3.63) is 71.3 Å². The predicted molar refractivity (Wildman–Crippen MR) is 105 cm³/mol. The van der Waals surface area contributed by atoms with Crippen molar-refractivity contribution in [3.8, 4) is 6.07 Å². The Hall–Kier alpha value is -2.64.